The summed E-state index contributed by atoms with van der Waals surface area (Å²) in [5.41, 5.74) is 4.82. The summed E-state index contributed by atoms with van der Waals surface area (Å²) in [6, 6.07) is 0. The minimum absolute atomic E-state index is 0.363. The van der Waals surface area contributed by atoms with Crippen molar-refractivity contribution < 1.29 is 5.11 Å². The SMILES string of the molecule is CCN(CCCC(C)(O)CN)CC1CC1. The molecule has 0 bridgehead atoms. The highest BCUT2D eigenvalue weighted by atomic mass is 16.3. The monoisotopic (exact) mass is 214 g/mol. The van der Waals surface area contributed by atoms with Gasteiger partial charge in [-0.2, -0.15) is 0 Å². The van der Waals surface area contributed by atoms with Crippen molar-refractivity contribution in [3.05, 3.63) is 0 Å². The van der Waals surface area contributed by atoms with Crippen molar-refractivity contribution in [3.63, 3.8) is 0 Å². The molecule has 0 aliphatic heterocycles. The van der Waals surface area contributed by atoms with E-state index in [-0.39, 0.29) is 0 Å². The summed E-state index contributed by atoms with van der Waals surface area (Å²) in [7, 11) is 0. The molecule has 1 unspecified atom stereocenters. The van der Waals surface area contributed by atoms with Gasteiger partial charge in [0.05, 0.1) is 5.60 Å². The number of nitrogens with two attached hydrogens (primary N) is 1. The second-order valence-electron chi connectivity index (χ2n) is 5.14. The Bertz CT molecular complexity index is 178. The van der Waals surface area contributed by atoms with Gasteiger partial charge in [-0.05, 0) is 51.6 Å². The molecule has 0 radical (unpaired) electrons. The van der Waals surface area contributed by atoms with Gasteiger partial charge >= 0.3 is 0 Å². The summed E-state index contributed by atoms with van der Waals surface area (Å²) in [6.45, 7) is 7.88. The van der Waals surface area contributed by atoms with Crippen LogP contribution in [0.4, 0.5) is 0 Å². The van der Waals surface area contributed by atoms with Gasteiger partial charge in [-0.1, -0.05) is 6.92 Å². The van der Waals surface area contributed by atoms with Crippen molar-refractivity contribution in [2.75, 3.05) is 26.2 Å². The normalized spacial score (nSPS) is 20.6. The second-order valence-corrected chi connectivity index (χ2v) is 5.14. The average molecular weight is 214 g/mol. The summed E-state index contributed by atoms with van der Waals surface area (Å²) in [6.07, 6.45) is 4.68. The minimum Gasteiger partial charge on any atom is -0.389 e. The summed E-state index contributed by atoms with van der Waals surface area (Å²) in [4.78, 5) is 2.49. The molecular weight excluding hydrogens is 188 g/mol. The van der Waals surface area contributed by atoms with Crippen LogP contribution in [-0.2, 0) is 0 Å². The molecule has 0 spiro atoms. The zero-order valence-electron chi connectivity index (χ0n) is 10.2. The summed E-state index contributed by atoms with van der Waals surface area (Å²) < 4.78 is 0. The molecule has 0 amide bonds. The van der Waals surface area contributed by atoms with Crippen LogP contribution in [0.2, 0.25) is 0 Å². The van der Waals surface area contributed by atoms with E-state index >= 15 is 0 Å². The molecule has 1 aliphatic rings. The maximum absolute atomic E-state index is 9.76. The quantitative estimate of drug-likeness (QED) is 0.638. The van der Waals surface area contributed by atoms with Gasteiger partial charge in [0.25, 0.3) is 0 Å². The predicted molar refractivity (Wildman–Crippen MR) is 63.8 cm³/mol. The summed E-state index contributed by atoms with van der Waals surface area (Å²) >= 11 is 0. The lowest BCUT2D eigenvalue weighted by Gasteiger charge is -2.24. The first-order valence-corrected chi connectivity index (χ1v) is 6.22. The van der Waals surface area contributed by atoms with Crippen molar-refractivity contribution in [1.29, 1.82) is 0 Å². The highest BCUT2D eigenvalue weighted by molar-refractivity contribution is 4.78. The predicted octanol–water partition coefficient (Wildman–Crippen LogP) is 1.21. The fourth-order valence-corrected chi connectivity index (χ4v) is 1.83. The van der Waals surface area contributed by atoms with Crippen LogP contribution < -0.4 is 5.73 Å². The topological polar surface area (TPSA) is 49.5 Å². The van der Waals surface area contributed by atoms with E-state index in [2.05, 4.69) is 11.8 Å². The third kappa shape index (κ3) is 5.50. The Labute approximate surface area is 93.6 Å². The van der Waals surface area contributed by atoms with Gasteiger partial charge in [0, 0.05) is 13.1 Å². The van der Waals surface area contributed by atoms with Crippen LogP contribution in [0.25, 0.3) is 0 Å². The molecule has 3 nitrogen and oxygen atoms in total. The molecule has 0 saturated heterocycles. The van der Waals surface area contributed by atoms with E-state index in [0.29, 0.717) is 6.54 Å². The highest BCUT2D eigenvalue weighted by Crippen LogP contribution is 2.29. The lowest BCUT2D eigenvalue weighted by Crippen LogP contribution is -2.35. The maximum atomic E-state index is 9.76. The maximum Gasteiger partial charge on any atom is 0.0741 e. The van der Waals surface area contributed by atoms with Crippen LogP contribution >= 0.6 is 0 Å². The zero-order chi connectivity index (χ0) is 11.3. The second kappa shape index (κ2) is 5.83. The van der Waals surface area contributed by atoms with E-state index in [1.54, 1.807) is 0 Å². The summed E-state index contributed by atoms with van der Waals surface area (Å²) in [5.74, 6) is 0.958. The molecule has 1 aliphatic carbocycles. The van der Waals surface area contributed by atoms with Gasteiger partial charge in [-0.15, -0.1) is 0 Å². The van der Waals surface area contributed by atoms with Crippen LogP contribution in [0.1, 0.15) is 39.5 Å². The first-order valence-electron chi connectivity index (χ1n) is 6.22. The van der Waals surface area contributed by atoms with E-state index in [4.69, 9.17) is 5.73 Å². The summed E-state index contributed by atoms with van der Waals surface area (Å²) in [5, 5.41) is 9.76. The molecule has 3 N–H and O–H groups in total. The first kappa shape index (κ1) is 12.9. The number of aliphatic hydroxyl groups is 1. The molecular formula is C12H26N2O. The number of hydrogen-bond donors (Lipinski definition) is 2. The molecule has 1 rings (SSSR count). The van der Waals surface area contributed by atoms with Crippen LogP contribution in [0.3, 0.4) is 0 Å². The fourth-order valence-electron chi connectivity index (χ4n) is 1.83. The molecule has 1 atom stereocenters. The lowest BCUT2D eigenvalue weighted by molar-refractivity contribution is 0.0544. The zero-order valence-corrected chi connectivity index (χ0v) is 10.2. The van der Waals surface area contributed by atoms with E-state index in [1.807, 2.05) is 6.92 Å². The van der Waals surface area contributed by atoms with Crippen LogP contribution in [0.15, 0.2) is 0 Å². The van der Waals surface area contributed by atoms with Gasteiger partial charge < -0.3 is 15.7 Å². The molecule has 0 aromatic heterocycles. The Morgan fingerprint density at radius 1 is 1.47 bits per heavy atom. The van der Waals surface area contributed by atoms with Crippen molar-refractivity contribution in [1.82, 2.24) is 4.90 Å². The van der Waals surface area contributed by atoms with Gasteiger partial charge in [0.1, 0.15) is 0 Å². The number of rotatable bonds is 8. The highest BCUT2D eigenvalue weighted by Gasteiger charge is 2.24. The third-order valence-corrected chi connectivity index (χ3v) is 3.29. The first-order chi connectivity index (χ1) is 7.07. The van der Waals surface area contributed by atoms with Gasteiger partial charge in [0.2, 0.25) is 0 Å². The Hall–Kier alpha value is -0.120. The van der Waals surface area contributed by atoms with Crippen molar-refractivity contribution >= 4 is 0 Å². The molecule has 1 saturated carbocycles. The average Bonchev–Trinajstić information content (AvgIpc) is 3.00. The standard InChI is InChI=1S/C12H26N2O/c1-3-14(9-11-5-6-11)8-4-7-12(2,15)10-13/h11,15H,3-10,13H2,1-2H3. The van der Waals surface area contributed by atoms with Gasteiger partial charge in [-0.25, -0.2) is 0 Å². The number of nitrogens with zero attached hydrogens (tertiary/aromatic N) is 1. The van der Waals surface area contributed by atoms with Crippen molar-refractivity contribution in [3.8, 4) is 0 Å². The molecule has 15 heavy (non-hydrogen) atoms. The van der Waals surface area contributed by atoms with Crippen LogP contribution in [0.5, 0.6) is 0 Å². The van der Waals surface area contributed by atoms with Gasteiger partial charge in [0.15, 0.2) is 0 Å². The van der Waals surface area contributed by atoms with Crippen LogP contribution in [0, 0.1) is 5.92 Å². The molecule has 1 fully saturated rings. The molecule has 90 valence electrons. The van der Waals surface area contributed by atoms with E-state index in [0.717, 1.165) is 31.8 Å². The molecule has 0 aromatic carbocycles. The third-order valence-electron chi connectivity index (χ3n) is 3.29. The Morgan fingerprint density at radius 3 is 2.60 bits per heavy atom. The van der Waals surface area contributed by atoms with Crippen molar-refractivity contribution in [2.45, 2.75) is 45.1 Å². The molecule has 3 heteroatoms. The number of hydrogen-bond acceptors (Lipinski definition) is 3. The van der Waals surface area contributed by atoms with Crippen LogP contribution in [-0.4, -0.2) is 41.8 Å². The Balaban J connectivity index is 2.10. The van der Waals surface area contributed by atoms with E-state index in [9.17, 15) is 5.11 Å². The fraction of sp³-hybridized carbons (Fsp3) is 1.00. The van der Waals surface area contributed by atoms with E-state index in [1.165, 1.54) is 19.4 Å². The van der Waals surface area contributed by atoms with E-state index < -0.39 is 5.60 Å². The minimum atomic E-state index is -0.668. The van der Waals surface area contributed by atoms with Gasteiger partial charge in [-0.3, -0.25) is 0 Å². The smallest absolute Gasteiger partial charge is 0.0741 e. The largest absolute Gasteiger partial charge is 0.389 e. The van der Waals surface area contributed by atoms with Crippen molar-refractivity contribution in [2.24, 2.45) is 11.7 Å². The molecule has 0 heterocycles. The Morgan fingerprint density at radius 2 is 2.13 bits per heavy atom. The molecule has 0 aromatic rings. The Kier molecular flexibility index (Phi) is 5.03. The lowest BCUT2D eigenvalue weighted by atomic mass is 10.0.